The van der Waals surface area contributed by atoms with Crippen LogP contribution in [-0.2, 0) is 33.4 Å². The number of carbonyl (C=O) groups is 4. The molecule has 0 fully saturated rings. The van der Waals surface area contributed by atoms with Crippen molar-refractivity contribution < 1.29 is 38.5 Å². The van der Waals surface area contributed by atoms with Crippen molar-refractivity contribution >= 4 is 24.2 Å². The van der Waals surface area contributed by atoms with E-state index in [2.05, 4.69) is 14.8 Å². The van der Waals surface area contributed by atoms with Crippen LogP contribution in [0.25, 0.3) is 10.4 Å². The lowest BCUT2D eigenvalue weighted by molar-refractivity contribution is -0.181. The molecule has 0 aliphatic heterocycles. The van der Waals surface area contributed by atoms with E-state index >= 15 is 0 Å². The molecule has 11 heteroatoms. The fraction of sp³-hybridized carbons (Fsp3) is 0.667. The number of rotatable bonds is 9. The van der Waals surface area contributed by atoms with Crippen molar-refractivity contribution in [3.8, 4) is 0 Å². The maximum Gasteiger partial charge on any atom is 0.303 e. The minimum absolute atomic E-state index is 0.169. The van der Waals surface area contributed by atoms with Crippen LogP contribution in [0.2, 0.25) is 0 Å². The van der Waals surface area contributed by atoms with Gasteiger partial charge in [-0.15, -0.1) is 0 Å². The lowest BCUT2D eigenvalue weighted by atomic mass is 10.0. The average molecular weight is 331 g/mol. The minimum Gasteiger partial charge on any atom is -0.463 e. The third-order valence-electron chi connectivity index (χ3n) is 2.43. The molecule has 0 rings (SSSR count). The van der Waals surface area contributed by atoms with Gasteiger partial charge in [0.15, 0.2) is 12.2 Å². The Morgan fingerprint density at radius 1 is 1.13 bits per heavy atom. The molecule has 0 saturated carbocycles. The van der Waals surface area contributed by atoms with Crippen LogP contribution < -0.4 is 0 Å². The van der Waals surface area contributed by atoms with Gasteiger partial charge in [0.05, 0.1) is 0 Å². The normalized spacial score (nSPS) is 15.1. The van der Waals surface area contributed by atoms with E-state index in [1.54, 1.807) is 0 Å². The van der Waals surface area contributed by atoms with Gasteiger partial charge in [0, 0.05) is 25.7 Å². The fourth-order valence-electron chi connectivity index (χ4n) is 1.61. The van der Waals surface area contributed by atoms with E-state index in [0.29, 0.717) is 0 Å². The quantitative estimate of drug-likeness (QED) is 0.149. The molecule has 4 atom stereocenters. The van der Waals surface area contributed by atoms with Crippen LogP contribution >= 0.6 is 0 Å². The molecule has 4 unspecified atom stereocenters. The van der Waals surface area contributed by atoms with Crippen molar-refractivity contribution in [2.24, 2.45) is 5.11 Å². The summed E-state index contributed by atoms with van der Waals surface area (Å²) < 4.78 is 14.3. The molecule has 0 aromatic rings. The van der Waals surface area contributed by atoms with E-state index in [1.807, 2.05) is 0 Å². The van der Waals surface area contributed by atoms with E-state index in [1.165, 1.54) is 0 Å². The van der Waals surface area contributed by atoms with E-state index in [9.17, 15) is 24.3 Å². The van der Waals surface area contributed by atoms with Crippen LogP contribution in [0.1, 0.15) is 20.8 Å². The van der Waals surface area contributed by atoms with Gasteiger partial charge in [-0.1, -0.05) is 5.11 Å². The molecule has 0 amide bonds. The molecule has 0 saturated heterocycles. The number of nitrogens with zero attached hydrogens (tertiary/aromatic N) is 3. The topological polar surface area (TPSA) is 165 Å². The first-order valence-electron chi connectivity index (χ1n) is 6.38. The van der Waals surface area contributed by atoms with E-state index in [-0.39, 0.29) is 6.29 Å². The highest BCUT2D eigenvalue weighted by Crippen LogP contribution is 2.16. The van der Waals surface area contributed by atoms with Crippen LogP contribution in [0.4, 0.5) is 0 Å². The van der Waals surface area contributed by atoms with Crippen molar-refractivity contribution in [3.63, 3.8) is 0 Å². The van der Waals surface area contributed by atoms with Gasteiger partial charge < -0.3 is 24.1 Å². The molecule has 11 nitrogen and oxygen atoms in total. The first-order chi connectivity index (χ1) is 10.7. The predicted octanol–water partition coefficient (Wildman–Crippen LogP) is -0.348. The number of hydrogen-bond donors (Lipinski definition) is 1. The van der Waals surface area contributed by atoms with Crippen molar-refractivity contribution in [2.45, 2.75) is 45.1 Å². The van der Waals surface area contributed by atoms with Crippen LogP contribution in [0.15, 0.2) is 5.11 Å². The lowest BCUT2D eigenvalue weighted by Gasteiger charge is -2.30. The van der Waals surface area contributed by atoms with E-state index in [4.69, 9.17) is 15.0 Å². The summed E-state index contributed by atoms with van der Waals surface area (Å²) in [7, 11) is 0. The maximum atomic E-state index is 11.2. The SMILES string of the molecule is CC(=O)OCC(O)C(OC(C)=O)C(OC(C)=O)C(C=O)N=[N+]=[N-]. The second kappa shape index (κ2) is 10.1. The second-order valence-corrected chi connectivity index (χ2v) is 4.35. The van der Waals surface area contributed by atoms with Gasteiger partial charge in [-0.25, -0.2) is 0 Å². The summed E-state index contributed by atoms with van der Waals surface area (Å²) in [4.78, 5) is 46.6. The van der Waals surface area contributed by atoms with Crippen molar-refractivity contribution in [1.82, 2.24) is 0 Å². The zero-order chi connectivity index (χ0) is 18.0. The Bertz CT molecular complexity index is 503. The van der Waals surface area contributed by atoms with Gasteiger partial charge in [0.1, 0.15) is 25.0 Å². The van der Waals surface area contributed by atoms with E-state index in [0.717, 1.165) is 20.8 Å². The van der Waals surface area contributed by atoms with Crippen molar-refractivity contribution in [2.75, 3.05) is 6.61 Å². The summed E-state index contributed by atoms with van der Waals surface area (Å²) >= 11 is 0. The lowest BCUT2D eigenvalue weighted by Crippen LogP contribution is -2.50. The Kier molecular flexibility index (Phi) is 8.97. The number of ether oxygens (including phenoxy) is 3. The Labute approximate surface area is 131 Å². The summed E-state index contributed by atoms with van der Waals surface area (Å²) in [5.74, 6) is -2.44. The summed E-state index contributed by atoms with van der Waals surface area (Å²) in [5.41, 5.74) is 8.45. The third-order valence-corrected chi connectivity index (χ3v) is 2.43. The summed E-state index contributed by atoms with van der Waals surface area (Å²) in [6.45, 7) is 2.52. The number of carbonyl (C=O) groups excluding carboxylic acids is 4. The average Bonchev–Trinajstić information content (AvgIpc) is 2.45. The van der Waals surface area contributed by atoms with Gasteiger partial charge in [0.25, 0.3) is 0 Å². The molecule has 0 aromatic heterocycles. The van der Waals surface area contributed by atoms with Gasteiger partial charge >= 0.3 is 17.9 Å². The Hall–Kier alpha value is -2.65. The summed E-state index contributed by atoms with van der Waals surface area (Å²) in [6.07, 6.45) is -4.63. The van der Waals surface area contributed by atoms with Crippen LogP contribution in [0.3, 0.4) is 0 Å². The highest BCUT2D eigenvalue weighted by Gasteiger charge is 2.39. The Morgan fingerprint density at radius 2 is 1.65 bits per heavy atom. The molecule has 0 aromatic carbocycles. The first kappa shape index (κ1) is 20.3. The second-order valence-electron chi connectivity index (χ2n) is 4.35. The standard InChI is InChI=1S/C12H17N3O8/c1-6(17)21-5-10(20)12(23-8(3)19)11(22-7(2)18)9(4-16)14-15-13/h4,9-12,20H,5H2,1-3H3. The number of hydrogen-bond acceptors (Lipinski definition) is 9. The largest absolute Gasteiger partial charge is 0.463 e. The van der Waals surface area contributed by atoms with Gasteiger partial charge in [-0.2, -0.15) is 0 Å². The van der Waals surface area contributed by atoms with Crippen LogP contribution in [0.5, 0.6) is 0 Å². The van der Waals surface area contributed by atoms with Gasteiger partial charge in [0.2, 0.25) is 0 Å². The summed E-state index contributed by atoms with van der Waals surface area (Å²) in [6, 6.07) is -1.56. The molecule has 128 valence electrons. The molecule has 0 spiro atoms. The maximum absolute atomic E-state index is 11.2. The monoisotopic (exact) mass is 331 g/mol. The fourth-order valence-corrected chi connectivity index (χ4v) is 1.61. The Morgan fingerprint density at radius 3 is 2.04 bits per heavy atom. The zero-order valence-corrected chi connectivity index (χ0v) is 12.7. The van der Waals surface area contributed by atoms with Gasteiger partial charge in [-0.05, 0) is 5.53 Å². The highest BCUT2D eigenvalue weighted by molar-refractivity contribution is 5.69. The number of aldehydes is 1. The number of esters is 3. The molecular weight excluding hydrogens is 314 g/mol. The first-order valence-corrected chi connectivity index (χ1v) is 6.38. The van der Waals surface area contributed by atoms with E-state index < -0.39 is 48.9 Å². The molecule has 0 aliphatic carbocycles. The minimum atomic E-state index is -1.62. The Balaban J connectivity index is 5.54. The molecule has 0 radical (unpaired) electrons. The number of aliphatic hydroxyl groups is 1. The van der Waals surface area contributed by atoms with Crippen LogP contribution in [0, 0.1) is 0 Å². The number of aliphatic hydroxyl groups excluding tert-OH is 1. The molecule has 0 bridgehead atoms. The van der Waals surface area contributed by atoms with Crippen LogP contribution in [-0.4, -0.2) is 60.3 Å². The van der Waals surface area contributed by atoms with Crippen molar-refractivity contribution in [3.05, 3.63) is 10.4 Å². The smallest absolute Gasteiger partial charge is 0.303 e. The molecule has 23 heavy (non-hydrogen) atoms. The van der Waals surface area contributed by atoms with Gasteiger partial charge in [-0.3, -0.25) is 14.4 Å². The molecular formula is C12H17N3O8. The zero-order valence-electron chi connectivity index (χ0n) is 12.7. The predicted molar refractivity (Wildman–Crippen MR) is 72.7 cm³/mol. The van der Waals surface area contributed by atoms with Crippen molar-refractivity contribution in [1.29, 1.82) is 0 Å². The molecule has 1 N–H and O–H groups in total. The third kappa shape index (κ3) is 7.79. The summed E-state index contributed by atoms with van der Waals surface area (Å²) in [5, 5.41) is 13.1. The number of azide groups is 1. The molecule has 0 aliphatic rings. The highest BCUT2D eigenvalue weighted by atomic mass is 16.6. The molecule has 0 heterocycles.